The number of Topliss-reactive ketones (excluding diaryl/α,β-unsaturated/α-hetero) is 1. The molecule has 3 fully saturated rings. The van der Waals surface area contributed by atoms with E-state index >= 15 is 0 Å². The van der Waals surface area contributed by atoms with Crippen LogP contribution in [-0.2, 0) is 25.5 Å². The molecule has 0 radical (unpaired) electrons. The Morgan fingerprint density at radius 2 is 1.85 bits per heavy atom. The Hall–Kier alpha value is -1.89. The number of hydrogen-bond acceptors (Lipinski definition) is 4. The van der Waals surface area contributed by atoms with Crippen molar-refractivity contribution in [3.63, 3.8) is 0 Å². The van der Waals surface area contributed by atoms with Gasteiger partial charge in [-0.15, -0.1) is 0 Å². The number of fused-ring (bicyclic) bond motifs is 1. The smallest absolute Gasteiger partial charge is 0.246 e. The molecule has 3 aliphatic heterocycles. The standard InChI is InChI=1S/C26H30Cl2N2O4/c1-2-10-30-23(24(32)29-18-6-4-3-5-7-18)26-9-8-20(34-26)21(22(26)25(30)33)19(31)13-15-11-16(27)14-17(28)12-15/h8-9,11-12,14,18,20-23H,2-7,10,13H2,1H3,(H,29,32). The van der Waals surface area contributed by atoms with Crippen molar-refractivity contribution in [2.75, 3.05) is 6.54 Å². The molecule has 5 atom stereocenters. The number of halogens is 2. The zero-order valence-corrected chi connectivity index (χ0v) is 20.8. The molecule has 1 N–H and O–H groups in total. The molecule has 4 aliphatic rings. The van der Waals surface area contributed by atoms with Crippen LogP contribution in [0.5, 0.6) is 0 Å². The Labute approximate surface area is 210 Å². The van der Waals surface area contributed by atoms with Gasteiger partial charge in [0, 0.05) is 29.1 Å². The molecule has 2 amide bonds. The van der Waals surface area contributed by atoms with E-state index in [9.17, 15) is 14.4 Å². The molecule has 34 heavy (non-hydrogen) atoms. The molecule has 6 nitrogen and oxygen atoms in total. The molecule has 1 aromatic rings. The second kappa shape index (κ2) is 9.29. The number of nitrogens with zero attached hydrogens (tertiary/aromatic N) is 1. The quantitative estimate of drug-likeness (QED) is 0.566. The van der Waals surface area contributed by atoms with Crippen LogP contribution in [0.25, 0.3) is 0 Å². The van der Waals surface area contributed by atoms with Crippen LogP contribution in [0, 0.1) is 11.8 Å². The first kappa shape index (κ1) is 23.8. The Bertz CT molecular complexity index is 1020. The van der Waals surface area contributed by atoms with Crippen LogP contribution in [0.1, 0.15) is 51.0 Å². The summed E-state index contributed by atoms with van der Waals surface area (Å²) in [5, 5.41) is 4.11. The highest BCUT2D eigenvalue weighted by Gasteiger charge is 2.72. The van der Waals surface area contributed by atoms with Gasteiger partial charge < -0.3 is 15.0 Å². The number of benzene rings is 1. The summed E-state index contributed by atoms with van der Waals surface area (Å²) >= 11 is 12.2. The van der Waals surface area contributed by atoms with Crippen molar-refractivity contribution < 1.29 is 19.1 Å². The third kappa shape index (κ3) is 3.98. The van der Waals surface area contributed by atoms with Crippen LogP contribution in [0.3, 0.4) is 0 Å². The van der Waals surface area contributed by atoms with Gasteiger partial charge in [0.15, 0.2) is 0 Å². The van der Waals surface area contributed by atoms with Crippen LogP contribution in [-0.4, -0.2) is 52.8 Å². The number of ketones is 1. The van der Waals surface area contributed by atoms with Gasteiger partial charge in [0.05, 0.1) is 17.9 Å². The number of likely N-dealkylation sites (tertiary alicyclic amines) is 1. The average molecular weight is 505 g/mol. The Morgan fingerprint density at radius 3 is 2.53 bits per heavy atom. The Kier molecular flexibility index (Phi) is 6.51. The molecular weight excluding hydrogens is 475 g/mol. The zero-order valence-electron chi connectivity index (χ0n) is 19.3. The van der Waals surface area contributed by atoms with E-state index in [2.05, 4.69) is 5.32 Å². The molecule has 2 bridgehead atoms. The molecule has 3 heterocycles. The third-order valence-electron chi connectivity index (χ3n) is 7.71. The van der Waals surface area contributed by atoms with Crippen LogP contribution < -0.4 is 5.32 Å². The predicted octanol–water partition coefficient (Wildman–Crippen LogP) is 4.11. The summed E-state index contributed by atoms with van der Waals surface area (Å²) in [5.41, 5.74) is -0.395. The van der Waals surface area contributed by atoms with E-state index < -0.39 is 29.6 Å². The van der Waals surface area contributed by atoms with Gasteiger partial charge in [0.2, 0.25) is 11.8 Å². The first-order chi connectivity index (χ1) is 16.3. The van der Waals surface area contributed by atoms with E-state index in [0.29, 0.717) is 28.6 Å². The highest BCUT2D eigenvalue weighted by Crippen LogP contribution is 2.55. The summed E-state index contributed by atoms with van der Waals surface area (Å²) in [6.45, 7) is 2.43. The number of amides is 2. The summed E-state index contributed by atoms with van der Waals surface area (Å²) < 4.78 is 6.37. The summed E-state index contributed by atoms with van der Waals surface area (Å²) in [7, 11) is 0. The van der Waals surface area contributed by atoms with Gasteiger partial charge in [-0.25, -0.2) is 0 Å². The molecule has 2 saturated heterocycles. The lowest BCUT2D eigenvalue weighted by molar-refractivity contribution is -0.141. The molecular formula is C26H30Cl2N2O4. The van der Waals surface area contributed by atoms with Gasteiger partial charge in [-0.2, -0.15) is 0 Å². The lowest BCUT2D eigenvalue weighted by Gasteiger charge is -2.34. The van der Waals surface area contributed by atoms with Crippen molar-refractivity contribution in [2.45, 2.75) is 75.7 Å². The molecule has 1 aromatic carbocycles. The number of carbonyl (C=O) groups excluding carboxylic acids is 3. The fraction of sp³-hybridized carbons (Fsp3) is 0.577. The highest BCUT2D eigenvalue weighted by molar-refractivity contribution is 6.34. The summed E-state index contributed by atoms with van der Waals surface area (Å²) in [4.78, 5) is 42.4. The lowest BCUT2D eigenvalue weighted by atomic mass is 9.72. The van der Waals surface area contributed by atoms with Crippen molar-refractivity contribution in [1.82, 2.24) is 10.2 Å². The molecule has 5 unspecified atom stereocenters. The van der Waals surface area contributed by atoms with Crippen LogP contribution in [0.4, 0.5) is 0 Å². The van der Waals surface area contributed by atoms with Gasteiger partial charge in [0.1, 0.15) is 17.4 Å². The zero-order chi connectivity index (χ0) is 24.0. The van der Waals surface area contributed by atoms with Crippen molar-refractivity contribution in [3.05, 3.63) is 46.0 Å². The summed E-state index contributed by atoms with van der Waals surface area (Å²) in [6.07, 6.45) is 9.34. The second-order valence-electron chi connectivity index (χ2n) is 10.00. The van der Waals surface area contributed by atoms with Crippen molar-refractivity contribution in [2.24, 2.45) is 11.8 Å². The number of ether oxygens (including phenoxy) is 1. The van der Waals surface area contributed by atoms with E-state index in [1.165, 1.54) is 6.42 Å². The lowest BCUT2D eigenvalue weighted by Crippen LogP contribution is -2.56. The predicted molar refractivity (Wildman–Crippen MR) is 130 cm³/mol. The second-order valence-corrected chi connectivity index (χ2v) is 10.9. The number of carbonyl (C=O) groups is 3. The first-order valence-corrected chi connectivity index (χ1v) is 13.1. The van der Waals surface area contributed by atoms with Crippen molar-refractivity contribution in [3.8, 4) is 0 Å². The minimum absolute atomic E-state index is 0.0994. The van der Waals surface area contributed by atoms with E-state index in [0.717, 1.165) is 25.7 Å². The van der Waals surface area contributed by atoms with Gasteiger partial charge in [0.25, 0.3) is 0 Å². The van der Waals surface area contributed by atoms with Gasteiger partial charge in [-0.1, -0.05) is 61.5 Å². The fourth-order valence-corrected chi connectivity index (χ4v) is 6.95. The maximum absolute atomic E-state index is 13.7. The normalized spacial score (nSPS) is 32.3. The van der Waals surface area contributed by atoms with Crippen molar-refractivity contribution >= 4 is 40.8 Å². The van der Waals surface area contributed by atoms with Crippen molar-refractivity contribution in [1.29, 1.82) is 0 Å². The molecule has 0 aromatic heterocycles. The number of nitrogens with one attached hydrogen (secondary N) is 1. The molecule has 1 spiro atoms. The number of rotatable bonds is 7. The molecule has 5 rings (SSSR count). The maximum atomic E-state index is 13.7. The third-order valence-corrected chi connectivity index (χ3v) is 8.15. The SMILES string of the molecule is CCCN1C(=O)C2C(C(=O)Cc3cc(Cl)cc(Cl)c3)C3C=CC2(O3)C1C(=O)NC1CCCCC1. The van der Waals surface area contributed by atoms with E-state index in [1.807, 2.05) is 19.1 Å². The first-order valence-electron chi connectivity index (χ1n) is 12.3. The van der Waals surface area contributed by atoms with Gasteiger partial charge in [-0.05, 0) is 43.0 Å². The average Bonchev–Trinajstić information content (AvgIpc) is 3.42. The molecule has 1 aliphatic carbocycles. The molecule has 8 heteroatoms. The highest BCUT2D eigenvalue weighted by atomic mass is 35.5. The fourth-order valence-electron chi connectivity index (χ4n) is 6.38. The van der Waals surface area contributed by atoms with E-state index in [-0.39, 0.29) is 30.1 Å². The van der Waals surface area contributed by atoms with E-state index in [4.69, 9.17) is 27.9 Å². The van der Waals surface area contributed by atoms with Gasteiger partial charge >= 0.3 is 0 Å². The van der Waals surface area contributed by atoms with Gasteiger partial charge in [-0.3, -0.25) is 14.4 Å². The molecule has 182 valence electrons. The van der Waals surface area contributed by atoms with Crippen LogP contribution >= 0.6 is 23.2 Å². The summed E-state index contributed by atoms with van der Waals surface area (Å²) in [5.74, 6) is -1.77. The number of hydrogen-bond donors (Lipinski definition) is 1. The largest absolute Gasteiger partial charge is 0.359 e. The monoisotopic (exact) mass is 504 g/mol. The van der Waals surface area contributed by atoms with Crippen LogP contribution in [0.15, 0.2) is 30.4 Å². The Balaban J connectivity index is 1.42. The molecule has 1 saturated carbocycles. The summed E-state index contributed by atoms with van der Waals surface area (Å²) in [6, 6.07) is 4.42. The topological polar surface area (TPSA) is 75.7 Å². The minimum Gasteiger partial charge on any atom is -0.359 e. The maximum Gasteiger partial charge on any atom is 0.246 e. The minimum atomic E-state index is -1.10. The van der Waals surface area contributed by atoms with Crippen LogP contribution in [0.2, 0.25) is 10.0 Å². The Morgan fingerprint density at radius 1 is 1.15 bits per heavy atom. The van der Waals surface area contributed by atoms with E-state index in [1.54, 1.807) is 23.1 Å².